The van der Waals surface area contributed by atoms with Crippen LogP contribution in [0, 0.1) is 0 Å². The van der Waals surface area contributed by atoms with Crippen LogP contribution in [0.15, 0.2) is 18.2 Å². The van der Waals surface area contributed by atoms with E-state index in [1.807, 2.05) is 18.2 Å². The molecule has 136 valence electrons. The number of aromatic nitrogens is 1. The monoisotopic (exact) mass is 340 g/mol. The number of hydrogen-bond acceptors (Lipinski definition) is 7. The molecule has 1 aromatic heterocycles. The molecule has 1 aliphatic rings. The number of rotatable bonds is 2. The fraction of sp³-hybridized carbons (Fsp3) is 0.706. The van der Waals surface area contributed by atoms with Crippen LogP contribution in [0.3, 0.4) is 0 Å². The zero-order valence-corrected chi connectivity index (χ0v) is 14.4. The van der Waals surface area contributed by atoms with Gasteiger partial charge in [-0.3, -0.25) is 9.88 Å². The minimum atomic E-state index is 0.482. The molecule has 0 atom stereocenters. The molecule has 2 bridgehead atoms. The molecule has 7 nitrogen and oxygen atoms in total. The van der Waals surface area contributed by atoms with Crippen LogP contribution in [0.2, 0.25) is 0 Å². The summed E-state index contributed by atoms with van der Waals surface area (Å²) < 4.78 is 27.6. The van der Waals surface area contributed by atoms with E-state index in [1.54, 1.807) is 7.11 Å². The average Bonchev–Trinajstić information content (AvgIpc) is 2.59. The van der Waals surface area contributed by atoms with Crippen LogP contribution in [0.5, 0.6) is 0 Å². The van der Waals surface area contributed by atoms with Crippen molar-refractivity contribution in [3.63, 3.8) is 0 Å². The first-order valence-electron chi connectivity index (χ1n) is 8.35. The van der Waals surface area contributed by atoms with Gasteiger partial charge in [0.2, 0.25) is 0 Å². The maximum absolute atomic E-state index is 5.61. The fourth-order valence-corrected chi connectivity index (χ4v) is 2.29. The van der Waals surface area contributed by atoms with E-state index >= 15 is 0 Å². The predicted octanol–water partition coefficient (Wildman–Crippen LogP) is 1.07. The number of methoxy groups -OCH3 is 1. The molecule has 1 aliphatic heterocycles. The van der Waals surface area contributed by atoms with Gasteiger partial charge in [-0.05, 0) is 12.1 Å². The lowest BCUT2D eigenvalue weighted by Crippen LogP contribution is -2.33. The Morgan fingerprint density at radius 1 is 0.875 bits per heavy atom. The van der Waals surface area contributed by atoms with Crippen molar-refractivity contribution in [2.75, 3.05) is 66.6 Å². The maximum atomic E-state index is 5.61. The van der Waals surface area contributed by atoms with Gasteiger partial charge in [-0.1, -0.05) is 6.07 Å². The average molecular weight is 340 g/mol. The maximum Gasteiger partial charge on any atom is 0.0987 e. The normalized spacial score (nSPS) is 20.2. The van der Waals surface area contributed by atoms with E-state index in [0.29, 0.717) is 59.6 Å². The van der Waals surface area contributed by atoms with Gasteiger partial charge in [0.1, 0.15) is 0 Å². The lowest BCUT2D eigenvalue weighted by molar-refractivity contribution is -0.00867. The first kappa shape index (κ1) is 19.2. The Bertz CT molecular complexity index is 413. The second-order valence-electron chi connectivity index (χ2n) is 5.49. The molecule has 0 spiro atoms. The van der Waals surface area contributed by atoms with Gasteiger partial charge in [0, 0.05) is 20.2 Å². The molecule has 24 heavy (non-hydrogen) atoms. The van der Waals surface area contributed by atoms with Gasteiger partial charge in [-0.25, -0.2) is 0 Å². The summed E-state index contributed by atoms with van der Waals surface area (Å²) in [6.07, 6.45) is 0. The second-order valence-corrected chi connectivity index (χ2v) is 5.49. The van der Waals surface area contributed by atoms with Crippen LogP contribution in [0.1, 0.15) is 11.4 Å². The predicted molar refractivity (Wildman–Crippen MR) is 88.6 cm³/mol. The Hall–Kier alpha value is -1.09. The first-order valence-corrected chi connectivity index (χ1v) is 8.35. The molecule has 0 radical (unpaired) electrons. The Balaban J connectivity index is 1.80. The molecule has 2 heterocycles. The van der Waals surface area contributed by atoms with E-state index in [-0.39, 0.29) is 0 Å². The molecular weight excluding hydrogens is 312 g/mol. The molecule has 0 fully saturated rings. The SMILES string of the molecule is COCN1CCOCCOCc2cccc(n2)COCCOCC1. The van der Waals surface area contributed by atoms with Crippen molar-refractivity contribution in [3.8, 4) is 0 Å². The molecule has 2 rings (SSSR count). The van der Waals surface area contributed by atoms with Crippen LogP contribution in [0.4, 0.5) is 0 Å². The summed E-state index contributed by atoms with van der Waals surface area (Å²) in [5.74, 6) is 0. The number of fused-ring (bicyclic) bond motifs is 2. The van der Waals surface area contributed by atoms with Crippen molar-refractivity contribution >= 4 is 0 Å². The van der Waals surface area contributed by atoms with Crippen molar-refractivity contribution in [1.82, 2.24) is 9.88 Å². The first-order chi connectivity index (χ1) is 11.9. The Morgan fingerprint density at radius 3 is 1.96 bits per heavy atom. The van der Waals surface area contributed by atoms with Gasteiger partial charge >= 0.3 is 0 Å². The third-order valence-corrected chi connectivity index (χ3v) is 3.52. The summed E-state index contributed by atoms with van der Waals surface area (Å²) in [4.78, 5) is 6.67. The summed E-state index contributed by atoms with van der Waals surface area (Å²) >= 11 is 0. The number of ether oxygens (including phenoxy) is 5. The number of pyridine rings is 1. The number of hydrogen-bond donors (Lipinski definition) is 0. The van der Waals surface area contributed by atoms with E-state index in [0.717, 1.165) is 24.5 Å². The zero-order chi connectivity index (χ0) is 16.9. The molecule has 7 heteroatoms. The summed E-state index contributed by atoms with van der Waals surface area (Å²) in [5.41, 5.74) is 1.81. The van der Waals surface area contributed by atoms with Crippen molar-refractivity contribution < 1.29 is 23.7 Å². The standard InChI is InChI=1S/C17H28N2O5/c1-20-15-19-5-7-21-9-11-23-13-16-3-2-4-17(18-16)14-24-12-10-22-8-6-19/h2-4H,5-15H2,1H3. The highest BCUT2D eigenvalue weighted by Gasteiger charge is 2.05. The largest absolute Gasteiger partial charge is 0.378 e. The smallest absolute Gasteiger partial charge is 0.0987 e. The van der Waals surface area contributed by atoms with Crippen molar-refractivity contribution in [2.24, 2.45) is 0 Å². The minimum absolute atomic E-state index is 0.482. The molecular formula is C17H28N2O5. The molecule has 0 saturated carbocycles. The van der Waals surface area contributed by atoms with E-state index in [4.69, 9.17) is 23.7 Å². The topological polar surface area (TPSA) is 62.3 Å². The summed E-state index contributed by atoms with van der Waals surface area (Å²) in [5, 5.41) is 0. The molecule has 0 aliphatic carbocycles. The summed E-state index contributed by atoms with van der Waals surface area (Å²) in [6.45, 7) is 6.67. The van der Waals surface area contributed by atoms with Crippen molar-refractivity contribution in [2.45, 2.75) is 13.2 Å². The molecule has 1 aromatic rings. The highest BCUT2D eigenvalue weighted by atomic mass is 16.5. The van der Waals surface area contributed by atoms with E-state index in [1.165, 1.54) is 0 Å². The lowest BCUT2D eigenvalue weighted by Gasteiger charge is -2.21. The second kappa shape index (κ2) is 12.3. The van der Waals surface area contributed by atoms with Crippen LogP contribution < -0.4 is 0 Å². The molecule has 0 saturated heterocycles. The van der Waals surface area contributed by atoms with Gasteiger partial charge in [-0.15, -0.1) is 0 Å². The van der Waals surface area contributed by atoms with Gasteiger partial charge in [0.05, 0.1) is 71.0 Å². The van der Waals surface area contributed by atoms with Crippen LogP contribution >= 0.6 is 0 Å². The highest BCUT2D eigenvalue weighted by molar-refractivity contribution is 5.09. The molecule has 0 amide bonds. The molecule has 0 unspecified atom stereocenters. The van der Waals surface area contributed by atoms with E-state index < -0.39 is 0 Å². The fourth-order valence-electron chi connectivity index (χ4n) is 2.29. The lowest BCUT2D eigenvalue weighted by atomic mass is 10.3. The molecule has 0 N–H and O–H groups in total. The quantitative estimate of drug-likeness (QED) is 0.798. The van der Waals surface area contributed by atoms with Crippen molar-refractivity contribution in [3.05, 3.63) is 29.6 Å². The third-order valence-electron chi connectivity index (χ3n) is 3.52. The summed E-state index contributed by atoms with van der Waals surface area (Å²) in [7, 11) is 1.69. The summed E-state index contributed by atoms with van der Waals surface area (Å²) in [6, 6.07) is 5.88. The zero-order valence-electron chi connectivity index (χ0n) is 14.4. The minimum Gasteiger partial charge on any atom is -0.378 e. The van der Waals surface area contributed by atoms with Gasteiger partial charge in [0.15, 0.2) is 0 Å². The van der Waals surface area contributed by atoms with Crippen LogP contribution in [0.25, 0.3) is 0 Å². The van der Waals surface area contributed by atoms with Gasteiger partial charge in [-0.2, -0.15) is 0 Å². The highest BCUT2D eigenvalue weighted by Crippen LogP contribution is 2.03. The van der Waals surface area contributed by atoms with Gasteiger partial charge < -0.3 is 23.7 Å². The number of nitrogens with zero attached hydrogens (tertiary/aromatic N) is 2. The van der Waals surface area contributed by atoms with E-state index in [2.05, 4.69) is 9.88 Å². The molecule has 0 aromatic carbocycles. The van der Waals surface area contributed by atoms with Gasteiger partial charge in [0.25, 0.3) is 0 Å². The van der Waals surface area contributed by atoms with Crippen LogP contribution in [-0.4, -0.2) is 76.5 Å². The van der Waals surface area contributed by atoms with Crippen molar-refractivity contribution in [1.29, 1.82) is 0 Å². The Kier molecular flexibility index (Phi) is 9.86. The van der Waals surface area contributed by atoms with Crippen LogP contribution in [-0.2, 0) is 36.9 Å². The Labute approximate surface area is 143 Å². The Morgan fingerprint density at radius 2 is 1.42 bits per heavy atom. The third kappa shape index (κ3) is 8.14. The van der Waals surface area contributed by atoms with E-state index in [9.17, 15) is 0 Å².